The standard InChI is InChI=1S/C18H18N4O/c1-22-11-15(16-9-12-3-2-7-20-18(12)21-16)14-10-13(23-8-6-19)4-5-17(14)22/h2-5,7,9-11H,6,8,19H2,1H3,(H,20,21). The van der Waals surface area contributed by atoms with E-state index < -0.39 is 0 Å². The van der Waals surface area contributed by atoms with E-state index in [-0.39, 0.29) is 0 Å². The Balaban J connectivity index is 1.87. The van der Waals surface area contributed by atoms with Crippen molar-refractivity contribution in [3.05, 3.63) is 48.8 Å². The number of nitrogens with one attached hydrogen (secondary N) is 1. The van der Waals surface area contributed by atoms with Crippen LogP contribution in [0.4, 0.5) is 0 Å². The molecule has 0 aliphatic heterocycles. The first kappa shape index (κ1) is 13.8. The molecule has 3 heterocycles. The van der Waals surface area contributed by atoms with Crippen molar-refractivity contribution in [2.24, 2.45) is 12.8 Å². The van der Waals surface area contributed by atoms with Gasteiger partial charge in [-0.05, 0) is 36.4 Å². The van der Waals surface area contributed by atoms with E-state index in [0.717, 1.165) is 38.9 Å². The minimum Gasteiger partial charge on any atom is -0.492 e. The molecule has 0 bridgehead atoms. The Labute approximate surface area is 133 Å². The monoisotopic (exact) mass is 306 g/mol. The number of hydrogen-bond acceptors (Lipinski definition) is 3. The summed E-state index contributed by atoms with van der Waals surface area (Å²) in [6.45, 7) is 1.03. The van der Waals surface area contributed by atoms with Gasteiger partial charge < -0.3 is 20.0 Å². The summed E-state index contributed by atoms with van der Waals surface area (Å²) in [7, 11) is 2.05. The first-order valence-corrected chi connectivity index (χ1v) is 7.62. The van der Waals surface area contributed by atoms with E-state index >= 15 is 0 Å². The minimum atomic E-state index is 0.507. The van der Waals surface area contributed by atoms with E-state index in [1.807, 2.05) is 19.2 Å². The van der Waals surface area contributed by atoms with Crippen LogP contribution in [0.3, 0.4) is 0 Å². The van der Waals surface area contributed by atoms with Gasteiger partial charge in [-0.2, -0.15) is 0 Å². The summed E-state index contributed by atoms with van der Waals surface area (Å²) in [4.78, 5) is 7.77. The lowest BCUT2D eigenvalue weighted by Gasteiger charge is -2.05. The molecule has 0 radical (unpaired) electrons. The van der Waals surface area contributed by atoms with Crippen molar-refractivity contribution in [2.45, 2.75) is 0 Å². The molecule has 116 valence electrons. The number of H-pyrrole nitrogens is 1. The number of aromatic nitrogens is 3. The predicted octanol–water partition coefficient (Wildman–Crippen LogP) is 3.06. The van der Waals surface area contributed by atoms with Gasteiger partial charge in [0.15, 0.2) is 0 Å². The van der Waals surface area contributed by atoms with Crippen LogP contribution in [0.1, 0.15) is 0 Å². The van der Waals surface area contributed by atoms with Crippen molar-refractivity contribution in [1.29, 1.82) is 0 Å². The average Bonchev–Trinajstić information content (AvgIpc) is 3.14. The van der Waals surface area contributed by atoms with Gasteiger partial charge in [-0.3, -0.25) is 0 Å². The Morgan fingerprint density at radius 3 is 3.00 bits per heavy atom. The molecule has 23 heavy (non-hydrogen) atoms. The van der Waals surface area contributed by atoms with Gasteiger partial charge in [0, 0.05) is 53.5 Å². The normalized spacial score (nSPS) is 11.4. The Kier molecular flexibility index (Phi) is 3.28. The quantitative estimate of drug-likeness (QED) is 0.609. The highest BCUT2D eigenvalue weighted by Crippen LogP contribution is 2.33. The second-order valence-electron chi connectivity index (χ2n) is 5.59. The molecule has 0 aliphatic rings. The van der Waals surface area contributed by atoms with E-state index in [0.29, 0.717) is 13.2 Å². The number of nitrogens with zero attached hydrogens (tertiary/aromatic N) is 2. The van der Waals surface area contributed by atoms with E-state index in [9.17, 15) is 0 Å². The lowest BCUT2D eigenvalue weighted by atomic mass is 10.1. The molecule has 0 aliphatic carbocycles. The molecule has 1 aromatic carbocycles. The molecular weight excluding hydrogens is 288 g/mol. The van der Waals surface area contributed by atoms with Crippen LogP contribution >= 0.6 is 0 Å². The number of aromatic amines is 1. The first-order chi connectivity index (χ1) is 11.3. The number of hydrogen-bond donors (Lipinski definition) is 2. The summed E-state index contributed by atoms with van der Waals surface area (Å²) in [5.74, 6) is 0.838. The maximum absolute atomic E-state index is 5.67. The van der Waals surface area contributed by atoms with E-state index in [1.54, 1.807) is 6.20 Å². The second-order valence-corrected chi connectivity index (χ2v) is 5.59. The van der Waals surface area contributed by atoms with Crippen LogP contribution in [0, 0.1) is 0 Å². The van der Waals surface area contributed by atoms with Crippen LogP contribution in [-0.2, 0) is 7.05 Å². The number of benzene rings is 1. The van der Waals surface area contributed by atoms with Gasteiger partial charge in [0.2, 0.25) is 0 Å². The third-order valence-electron chi connectivity index (χ3n) is 4.03. The lowest BCUT2D eigenvalue weighted by Crippen LogP contribution is -2.10. The SMILES string of the molecule is Cn1cc(-c2cc3cccnc3[nH]2)c2cc(OCCN)ccc21. The second kappa shape index (κ2) is 5.44. The van der Waals surface area contributed by atoms with Gasteiger partial charge in [0.25, 0.3) is 0 Å². The van der Waals surface area contributed by atoms with Crippen molar-refractivity contribution < 1.29 is 4.74 Å². The van der Waals surface area contributed by atoms with Gasteiger partial charge in [0.1, 0.15) is 18.0 Å². The van der Waals surface area contributed by atoms with Crippen molar-refractivity contribution in [3.8, 4) is 17.0 Å². The fraction of sp³-hybridized carbons (Fsp3) is 0.167. The number of fused-ring (bicyclic) bond motifs is 2. The summed E-state index contributed by atoms with van der Waals surface area (Å²) < 4.78 is 7.79. The maximum Gasteiger partial charge on any atom is 0.137 e. The van der Waals surface area contributed by atoms with Crippen LogP contribution in [0.2, 0.25) is 0 Å². The van der Waals surface area contributed by atoms with Crippen LogP contribution < -0.4 is 10.5 Å². The number of pyridine rings is 1. The lowest BCUT2D eigenvalue weighted by molar-refractivity contribution is 0.329. The van der Waals surface area contributed by atoms with Crippen LogP contribution in [0.25, 0.3) is 33.2 Å². The average molecular weight is 306 g/mol. The summed E-state index contributed by atoms with van der Waals surface area (Å²) in [5, 5.41) is 2.25. The van der Waals surface area contributed by atoms with Gasteiger partial charge in [0.05, 0.1) is 0 Å². The van der Waals surface area contributed by atoms with Crippen molar-refractivity contribution in [1.82, 2.24) is 14.5 Å². The highest BCUT2D eigenvalue weighted by atomic mass is 16.5. The third kappa shape index (κ3) is 2.35. The van der Waals surface area contributed by atoms with Crippen molar-refractivity contribution in [3.63, 3.8) is 0 Å². The molecular formula is C18H18N4O. The molecule has 0 unspecified atom stereocenters. The summed E-state index contributed by atoms with van der Waals surface area (Å²) in [6.07, 6.45) is 3.92. The Hall–Kier alpha value is -2.79. The number of ether oxygens (including phenoxy) is 1. The number of nitrogens with two attached hydrogens (primary N) is 1. The van der Waals surface area contributed by atoms with Crippen molar-refractivity contribution in [2.75, 3.05) is 13.2 Å². The third-order valence-corrected chi connectivity index (χ3v) is 4.03. The van der Waals surface area contributed by atoms with E-state index in [4.69, 9.17) is 10.5 Å². The Morgan fingerprint density at radius 1 is 1.26 bits per heavy atom. The summed E-state index contributed by atoms with van der Waals surface area (Å²) >= 11 is 0. The van der Waals surface area contributed by atoms with Crippen LogP contribution in [0.5, 0.6) is 5.75 Å². The van der Waals surface area contributed by atoms with Gasteiger partial charge >= 0.3 is 0 Å². The highest BCUT2D eigenvalue weighted by Gasteiger charge is 2.12. The van der Waals surface area contributed by atoms with Gasteiger partial charge in [-0.15, -0.1) is 0 Å². The van der Waals surface area contributed by atoms with Crippen LogP contribution in [0.15, 0.2) is 48.8 Å². The maximum atomic E-state index is 5.67. The number of rotatable bonds is 4. The molecule has 0 atom stereocenters. The zero-order valence-corrected chi connectivity index (χ0v) is 12.9. The Morgan fingerprint density at radius 2 is 2.17 bits per heavy atom. The molecule has 4 rings (SSSR count). The minimum absolute atomic E-state index is 0.507. The first-order valence-electron chi connectivity index (χ1n) is 7.62. The molecule has 4 aromatic rings. The molecule has 3 aromatic heterocycles. The largest absolute Gasteiger partial charge is 0.492 e. The van der Waals surface area contributed by atoms with Crippen LogP contribution in [-0.4, -0.2) is 27.7 Å². The van der Waals surface area contributed by atoms with Gasteiger partial charge in [-0.1, -0.05) is 0 Å². The molecule has 0 saturated heterocycles. The Bertz CT molecular complexity index is 950. The summed E-state index contributed by atoms with van der Waals surface area (Å²) in [5.41, 5.74) is 9.77. The molecule has 0 fully saturated rings. The molecule has 0 saturated carbocycles. The fourth-order valence-electron chi connectivity index (χ4n) is 2.96. The predicted molar refractivity (Wildman–Crippen MR) is 92.6 cm³/mol. The fourth-order valence-corrected chi connectivity index (χ4v) is 2.96. The summed E-state index contributed by atoms with van der Waals surface area (Å²) in [6, 6.07) is 12.3. The zero-order chi connectivity index (χ0) is 15.8. The van der Waals surface area contributed by atoms with Crippen molar-refractivity contribution >= 4 is 21.9 Å². The smallest absolute Gasteiger partial charge is 0.137 e. The molecule has 0 amide bonds. The van der Waals surface area contributed by atoms with Gasteiger partial charge in [-0.25, -0.2) is 4.98 Å². The highest BCUT2D eigenvalue weighted by molar-refractivity contribution is 5.98. The molecule has 5 heteroatoms. The molecule has 3 N–H and O–H groups in total. The molecule has 5 nitrogen and oxygen atoms in total. The van der Waals surface area contributed by atoms with E-state index in [2.05, 4.69) is 45.0 Å². The zero-order valence-electron chi connectivity index (χ0n) is 12.9. The number of aryl methyl sites for hydroxylation is 1. The molecule has 0 spiro atoms. The van der Waals surface area contributed by atoms with E-state index in [1.165, 1.54) is 0 Å². The topological polar surface area (TPSA) is 68.9 Å².